The number of nitrogen functional groups attached to an aromatic ring is 1. The van der Waals surface area contributed by atoms with E-state index in [0.717, 1.165) is 37.8 Å². The molecule has 118 valence electrons. The quantitative estimate of drug-likeness (QED) is 0.821. The summed E-state index contributed by atoms with van der Waals surface area (Å²) in [6.45, 7) is 2.17. The average molecular weight is 314 g/mol. The van der Waals surface area contributed by atoms with Gasteiger partial charge in [0.25, 0.3) is 0 Å². The molecular formula is C15H23FN2O2S. The number of rotatable bonds is 5. The number of halogens is 1. The number of nitrogens with one attached hydrogen (secondary N) is 1. The number of anilines is 1. The van der Waals surface area contributed by atoms with Gasteiger partial charge in [-0.2, -0.15) is 0 Å². The van der Waals surface area contributed by atoms with Crippen LogP contribution in [0.3, 0.4) is 0 Å². The smallest absolute Gasteiger partial charge is 0.240 e. The van der Waals surface area contributed by atoms with Crippen LogP contribution in [0, 0.1) is 11.7 Å². The first-order chi connectivity index (χ1) is 9.90. The summed E-state index contributed by atoms with van der Waals surface area (Å²) in [6, 6.07) is 3.33. The van der Waals surface area contributed by atoms with Crippen LogP contribution in [0.2, 0.25) is 0 Å². The molecule has 1 aromatic carbocycles. The third-order valence-electron chi connectivity index (χ3n) is 4.07. The monoisotopic (exact) mass is 314 g/mol. The lowest BCUT2D eigenvalue weighted by Gasteiger charge is -2.28. The lowest BCUT2D eigenvalue weighted by molar-refractivity contribution is 0.297. The van der Waals surface area contributed by atoms with Gasteiger partial charge in [-0.1, -0.05) is 19.8 Å². The molecule has 0 atom stereocenters. The normalized spacial score (nSPS) is 23.1. The van der Waals surface area contributed by atoms with E-state index in [1.165, 1.54) is 18.9 Å². The highest BCUT2D eigenvalue weighted by Gasteiger charge is 2.25. The standard InChI is InChI=1S/C15H23FN2O2S/c1-2-3-11-4-6-14(7-5-11)18-21(19,20)15-9-12(16)8-13(17)10-15/h8-11,14,18H,2-7,17H2,1H3. The van der Waals surface area contributed by atoms with Crippen LogP contribution in [0.15, 0.2) is 23.1 Å². The van der Waals surface area contributed by atoms with Gasteiger partial charge in [-0.15, -0.1) is 0 Å². The SMILES string of the molecule is CCCC1CCC(NS(=O)(=O)c2cc(N)cc(F)c2)CC1. The summed E-state index contributed by atoms with van der Waals surface area (Å²) in [5.74, 6) is 0.0718. The maximum Gasteiger partial charge on any atom is 0.240 e. The van der Waals surface area contributed by atoms with E-state index < -0.39 is 15.8 Å². The predicted octanol–water partition coefficient (Wildman–Crippen LogP) is 3.05. The fraction of sp³-hybridized carbons (Fsp3) is 0.600. The second-order valence-corrected chi connectivity index (χ2v) is 7.56. The van der Waals surface area contributed by atoms with Crippen molar-refractivity contribution in [3.63, 3.8) is 0 Å². The molecule has 0 bridgehead atoms. The van der Waals surface area contributed by atoms with Crippen molar-refractivity contribution < 1.29 is 12.8 Å². The molecule has 0 radical (unpaired) electrons. The first kappa shape index (κ1) is 16.2. The Balaban J connectivity index is 2.02. The molecule has 0 amide bonds. The Labute approximate surface area is 126 Å². The van der Waals surface area contributed by atoms with E-state index in [-0.39, 0.29) is 16.6 Å². The van der Waals surface area contributed by atoms with Gasteiger partial charge < -0.3 is 5.73 Å². The van der Waals surface area contributed by atoms with Crippen LogP contribution in [-0.4, -0.2) is 14.5 Å². The lowest BCUT2D eigenvalue weighted by Crippen LogP contribution is -2.37. The van der Waals surface area contributed by atoms with Crippen molar-refractivity contribution in [2.75, 3.05) is 5.73 Å². The van der Waals surface area contributed by atoms with Crippen LogP contribution >= 0.6 is 0 Å². The lowest BCUT2D eigenvalue weighted by atomic mass is 9.84. The summed E-state index contributed by atoms with van der Waals surface area (Å²) in [5, 5.41) is 0. The zero-order valence-electron chi connectivity index (χ0n) is 12.3. The van der Waals surface area contributed by atoms with Crippen LogP contribution < -0.4 is 10.5 Å². The van der Waals surface area contributed by atoms with Crippen LogP contribution in [0.4, 0.5) is 10.1 Å². The average Bonchev–Trinajstić information content (AvgIpc) is 2.40. The second-order valence-electron chi connectivity index (χ2n) is 5.85. The summed E-state index contributed by atoms with van der Waals surface area (Å²) in [6.07, 6.45) is 6.16. The van der Waals surface area contributed by atoms with Crippen molar-refractivity contribution >= 4 is 15.7 Å². The summed E-state index contributed by atoms with van der Waals surface area (Å²) in [5.41, 5.74) is 5.62. The topological polar surface area (TPSA) is 72.2 Å². The maximum atomic E-state index is 13.3. The van der Waals surface area contributed by atoms with Gasteiger partial charge in [0.15, 0.2) is 0 Å². The Morgan fingerprint density at radius 1 is 1.24 bits per heavy atom. The molecule has 1 fully saturated rings. The molecule has 1 aliphatic carbocycles. The van der Waals surface area contributed by atoms with Gasteiger partial charge in [-0.25, -0.2) is 17.5 Å². The zero-order chi connectivity index (χ0) is 15.5. The van der Waals surface area contributed by atoms with Gasteiger partial charge >= 0.3 is 0 Å². The van der Waals surface area contributed by atoms with Crippen molar-refractivity contribution in [3.05, 3.63) is 24.0 Å². The van der Waals surface area contributed by atoms with E-state index in [1.54, 1.807) is 0 Å². The first-order valence-corrected chi connectivity index (χ1v) is 8.97. The van der Waals surface area contributed by atoms with Crippen molar-refractivity contribution in [2.24, 2.45) is 5.92 Å². The molecule has 0 spiro atoms. The van der Waals surface area contributed by atoms with Gasteiger partial charge in [-0.05, 0) is 49.8 Å². The van der Waals surface area contributed by atoms with Crippen molar-refractivity contribution in [1.82, 2.24) is 4.72 Å². The van der Waals surface area contributed by atoms with E-state index in [2.05, 4.69) is 11.6 Å². The number of sulfonamides is 1. The van der Waals surface area contributed by atoms with E-state index in [1.807, 2.05) is 0 Å². The van der Waals surface area contributed by atoms with Crippen LogP contribution in [-0.2, 0) is 10.0 Å². The third kappa shape index (κ3) is 4.41. The molecule has 2 rings (SSSR count). The number of benzene rings is 1. The van der Waals surface area contributed by atoms with Crippen LogP contribution in [0.25, 0.3) is 0 Å². The fourth-order valence-corrected chi connectivity index (χ4v) is 4.37. The maximum absolute atomic E-state index is 13.3. The minimum absolute atomic E-state index is 0.0624. The highest BCUT2D eigenvalue weighted by atomic mass is 32.2. The summed E-state index contributed by atoms with van der Waals surface area (Å²) >= 11 is 0. The van der Waals surface area contributed by atoms with Crippen molar-refractivity contribution in [3.8, 4) is 0 Å². The Morgan fingerprint density at radius 2 is 1.90 bits per heavy atom. The number of hydrogen-bond acceptors (Lipinski definition) is 3. The third-order valence-corrected chi connectivity index (χ3v) is 5.57. The molecule has 1 saturated carbocycles. The molecule has 0 aromatic heterocycles. The molecule has 0 heterocycles. The Bertz CT molecular complexity index is 561. The van der Waals surface area contributed by atoms with E-state index in [0.29, 0.717) is 5.92 Å². The number of hydrogen-bond donors (Lipinski definition) is 2. The first-order valence-electron chi connectivity index (χ1n) is 7.49. The Morgan fingerprint density at radius 3 is 2.48 bits per heavy atom. The molecule has 3 N–H and O–H groups in total. The van der Waals surface area contributed by atoms with Gasteiger partial charge in [0.1, 0.15) is 5.82 Å². The molecule has 0 aliphatic heterocycles. The highest BCUT2D eigenvalue weighted by molar-refractivity contribution is 7.89. The van der Waals surface area contributed by atoms with Gasteiger partial charge in [0.05, 0.1) is 4.90 Å². The summed E-state index contributed by atoms with van der Waals surface area (Å²) in [7, 11) is -3.70. The molecule has 0 saturated heterocycles. The molecule has 1 aromatic rings. The zero-order valence-corrected chi connectivity index (χ0v) is 13.1. The minimum Gasteiger partial charge on any atom is -0.399 e. The highest BCUT2D eigenvalue weighted by Crippen LogP contribution is 2.28. The summed E-state index contributed by atoms with van der Waals surface area (Å²) in [4.78, 5) is -0.101. The van der Waals surface area contributed by atoms with E-state index in [9.17, 15) is 12.8 Å². The molecule has 21 heavy (non-hydrogen) atoms. The predicted molar refractivity (Wildman–Crippen MR) is 81.8 cm³/mol. The van der Waals surface area contributed by atoms with E-state index >= 15 is 0 Å². The Hall–Kier alpha value is -1.14. The van der Waals surface area contributed by atoms with Crippen LogP contribution in [0.1, 0.15) is 45.4 Å². The molecule has 1 aliphatic rings. The minimum atomic E-state index is -3.70. The van der Waals surface area contributed by atoms with Crippen LogP contribution in [0.5, 0.6) is 0 Å². The van der Waals surface area contributed by atoms with Gasteiger partial charge in [-0.3, -0.25) is 0 Å². The molecule has 6 heteroatoms. The largest absolute Gasteiger partial charge is 0.399 e. The van der Waals surface area contributed by atoms with Crippen molar-refractivity contribution in [1.29, 1.82) is 0 Å². The van der Waals surface area contributed by atoms with Gasteiger partial charge in [0, 0.05) is 11.7 Å². The van der Waals surface area contributed by atoms with E-state index in [4.69, 9.17) is 5.73 Å². The molecule has 0 unspecified atom stereocenters. The Kier molecular flexibility index (Phi) is 5.22. The van der Waals surface area contributed by atoms with Crippen molar-refractivity contribution in [2.45, 2.75) is 56.4 Å². The van der Waals surface area contributed by atoms with Gasteiger partial charge in [0.2, 0.25) is 10.0 Å². The fourth-order valence-electron chi connectivity index (χ4n) is 3.00. The second kappa shape index (κ2) is 6.75. The summed E-state index contributed by atoms with van der Waals surface area (Å²) < 4.78 is 40.5. The number of nitrogens with two attached hydrogens (primary N) is 1. The molecule has 4 nitrogen and oxygen atoms in total. The molecular weight excluding hydrogens is 291 g/mol.